The summed E-state index contributed by atoms with van der Waals surface area (Å²) >= 11 is 0. The fourth-order valence-corrected chi connectivity index (χ4v) is 3.64. The number of hydrogen-bond acceptors (Lipinski definition) is 5. The lowest BCUT2D eigenvalue weighted by Crippen LogP contribution is -2.37. The Bertz CT molecular complexity index is 940. The van der Waals surface area contributed by atoms with Crippen LogP contribution >= 0.6 is 0 Å². The number of nitrogens with one attached hydrogen (secondary N) is 1. The van der Waals surface area contributed by atoms with Crippen LogP contribution in [0.3, 0.4) is 0 Å². The van der Waals surface area contributed by atoms with Crippen molar-refractivity contribution in [2.45, 2.75) is 24.2 Å². The zero-order chi connectivity index (χ0) is 18.2. The van der Waals surface area contributed by atoms with E-state index in [4.69, 9.17) is 14.7 Å². The molecule has 1 aromatic carbocycles. The molecule has 0 fully saturated rings. The molecule has 3 heterocycles. The molecule has 0 saturated carbocycles. The third-order valence-corrected chi connectivity index (χ3v) is 4.91. The van der Waals surface area contributed by atoms with Gasteiger partial charge in [0.2, 0.25) is 0 Å². The molecule has 0 saturated heterocycles. The number of carbonyl (C=O) groups is 2. The molecule has 4 rings (SSSR count). The molecular weight excluding hydrogens is 332 g/mol. The highest BCUT2D eigenvalue weighted by Crippen LogP contribution is 2.56. The van der Waals surface area contributed by atoms with E-state index in [0.29, 0.717) is 25.2 Å². The monoisotopic (exact) mass is 348 g/mol. The summed E-state index contributed by atoms with van der Waals surface area (Å²) in [6.45, 7) is 0.901. The summed E-state index contributed by atoms with van der Waals surface area (Å²) in [6, 6.07) is 11.2. The van der Waals surface area contributed by atoms with Crippen LogP contribution < -0.4 is 0 Å². The number of benzene rings is 1. The van der Waals surface area contributed by atoms with Gasteiger partial charge in [-0.1, -0.05) is 30.3 Å². The smallest absolute Gasteiger partial charge is 0.301 e. The lowest BCUT2D eigenvalue weighted by molar-refractivity contribution is -0.153. The topological polar surface area (TPSA) is 92.2 Å². The average Bonchev–Trinajstić information content (AvgIpc) is 3.37. The van der Waals surface area contributed by atoms with Gasteiger partial charge in [-0.25, -0.2) is 0 Å². The van der Waals surface area contributed by atoms with Crippen molar-refractivity contribution in [3.05, 3.63) is 71.6 Å². The number of fused-ring (bicyclic) bond motifs is 5. The van der Waals surface area contributed by atoms with Gasteiger partial charge in [0.25, 0.3) is 5.78 Å². The Kier molecular flexibility index (Phi) is 3.83. The predicted octanol–water partition coefficient (Wildman–Crippen LogP) is 2.27. The van der Waals surface area contributed by atoms with Gasteiger partial charge in [-0.15, -0.1) is 0 Å². The number of nitrogens with zero attached hydrogens (tertiary/aromatic N) is 1. The number of rotatable bonds is 7. The Hall–Kier alpha value is -3.01. The van der Waals surface area contributed by atoms with E-state index in [1.807, 2.05) is 30.3 Å². The van der Waals surface area contributed by atoms with Crippen molar-refractivity contribution in [1.82, 2.24) is 4.98 Å². The molecule has 2 unspecified atom stereocenters. The first kappa shape index (κ1) is 16.5. The molecule has 1 aromatic heterocycles. The van der Waals surface area contributed by atoms with E-state index in [1.54, 1.807) is 24.5 Å². The van der Waals surface area contributed by atoms with E-state index in [0.717, 1.165) is 11.1 Å². The van der Waals surface area contributed by atoms with Crippen LogP contribution in [0.4, 0.5) is 0 Å². The van der Waals surface area contributed by atoms with Crippen molar-refractivity contribution in [3.8, 4) is 6.07 Å². The zero-order valence-corrected chi connectivity index (χ0v) is 13.9. The molecule has 1 N–H and O–H groups in total. The van der Waals surface area contributed by atoms with Gasteiger partial charge < -0.3 is 14.5 Å². The maximum atomic E-state index is 12.5. The summed E-state index contributed by atoms with van der Waals surface area (Å²) < 4.78 is 11.8. The number of hydrogen-bond donors (Lipinski definition) is 1. The Labute approximate surface area is 150 Å². The van der Waals surface area contributed by atoms with Crippen molar-refractivity contribution in [2.75, 3.05) is 6.61 Å². The number of Topliss-reactive ketones (excluding diaryl/α,β-unsaturated/α-hetero) is 2. The van der Waals surface area contributed by atoms with Gasteiger partial charge >= 0.3 is 5.78 Å². The average molecular weight is 348 g/mol. The fraction of sp³-hybridized carbons (Fsp3) is 0.250. The van der Waals surface area contributed by atoms with Crippen LogP contribution in [0.15, 0.2) is 54.9 Å². The molecule has 2 atom stereocenters. The minimum atomic E-state index is -1.50. The van der Waals surface area contributed by atoms with Crippen molar-refractivity contribution >= 4 is 11.6 Å². The van der Waals surface area contributed by atoms with Gasteiger partial charge in [-0.2, -0.15) is 5.26 Å². The molecule has 6 heteroatoms. The minimum absolute atomic E-state index is 0.417. The van der Waals surface area contributed by atoms with Gasteiger partial charge in [0.15, 0.2) is 5.60 Å². The van der Waals surface area contributed by atoms with Gasteiger partial charge in [-0.3, -0.25) is 9.59 Å². The van der Waals surface area contributed by atoms with E-state index in [-0.39, 0.29) is 0 Å². The summed E-state index contributed by atoms with van der Waals surface area (Å²) in [5.74, 6) is -1.97. The normalized spacial score (nSPS) is 25.0. The number of aromatic amines is 1. The van der Waals surface area contributed by atoms with Crippen molar-refractivity contribution in [2.24, 2.45) is 0 Å². The van der Waals surface area contributed by atoms with Crippen LogP contribution in [0.1, 0.15) is 23.1 Å². The molecule has 0 aliphatic carbocycles. The summed E-state index contributed by atoms with van der Waals surface area (Å²) in [5, 5.41) is 8.81. The first-order chi connectivity index (χ1) is 12.6. The number of ketones is 2. The summed E-state index contributed by atoms with van der Waals surface area (Å²) in [7, 11) is 0. The van der Waals surface area contributed by atoms with Gasteiger partial charge in [-0.05, 0) is 17.7 Å². The maximum Gasteiger partial charge on any atom is 0.301 e. The second-order valence-electron chi connectivity index (χ2n) is 6.40. The highest BCUT2D eigenvalue weighted by Gasteiger charge is 2.61. The minimum Gasteiger partial charge on any atom is -0.377 e. The largest absolute Gasteiger partial charge is 0.377 e. The zero-order valence-electron chi connectivity index (χ0n) is 13.9. The first-order valence-corrected chi connectivity index (χ1v) is 8.30. The maximum absolute atomic E-state index is 12.5. The third-order valence-electron chi connectivity index (χ3n) is 4.91. The van der Waals surface area contributed by atoms with Crippen LogP contribution in [0, 0.1) is 11.3 Å². The molecule has 2 bridgehead atoms. The lowest BCUT2D eigenvalue weighted by Gasteiger charge is -2.24. The number of carbonyl (C=O) groups excluding carboxylic acids is 2. The SMILES string of the molecule is N#CC(=O)C(=O)C12C=CC(CCOCc3ccccc3)(O1)c1c[nH]cc12. The quantitative estimate of drug-likeness (QED) is 0.359. The first-order valence-electron chi connectivity index (χ1n) is 8.30. The Morgan fingerprint density at radius 3 is 2.69 bits per heavy atom. The molecule has 130 valence electrons. The van der Waals surface area contributed by atoms with Gasteiger partial charge in [0.05, 0.1) is 13.2 Å². The van der Waals surface area contributed by atoms with E-state index >= 15 is 0 Å². The van der Waals surface area contributed by atoms with E-state index in [2.05, 4.69) is 4.98 Å². The molecule has 26 heavy (non-hydrogen) atoms. The highest BCUT2D eigenvalue weighted by molar-refractivity contribution is 6.46. The number of H-pyrrole nitrogens is 1. The van der Waals surface area contributed by atoms with Crippen LogP contribution in [-0.4, -0.2) is 23.2 Å². The van der Waals surface area contributed by atoms with Crippen molar-refractivity contribution in [3.63, 3.8) is 0 Å². The van der Waals surface area contributed by atoms with Gasteiger partial charge in [0, 0.05) is 29.9 Å². The van der Waals surface area contributed by atoms with Crippen molar-refractivity contribution in [1.29, 1.82) is 5.26 Å². The Morgan fingerprint density at radius 1 is 1.15 bits per heavy atom. The summed E-state index contributed by atoms with van der Waals surface area (Å²) in [4.78, 5) is 27.1. The molecule has 2 aliphatic rings. The summed E-state index contributed by atoms with van der Waals surface area (Å²) in [5.41, 5.74) is 0.156. The van der Waals surface area contributed by atoms with Crippen LogP contribution in [-0.2, 0) is 36.9 Å². The molecule has 0 amide bonds. The summed E-state index contributed by atoms with van der Waals surface area (Å²) in [6.07, 6.45) is 7.28. The molecule has 6 nitrogen and oxygen atoms in total. The van der Waals surface area contributed by atoms with Crippen LogP contribution in [0.5, 0.6) is 0 Å². The van der Waals surface area contributed by atoms with Crippen molar-refractivity contribution < 1.29 is 19.1 Å². The standard InChI is InChI=1S/C20H16N2O4/c21-10-17(23)18(24)20-7-6-19(26-20,15-11-22-12-16(15)20)8-9-25-13-14-4-2-1-3-5-14/h1-7,11-12,22H,8-9,13H2. The fourth-order valence-electron chi connectivity index (χ4n) is 3.64. The van der Waals surface area contributed by atoms with Crippen LogP contribution in [0.25, 0.3) is 0 Å². The predicted molar refractivity (Wildman–Crippen MR) is 90.7 cm³/mol. The number of ether oxygens (including phenoxy) is 2. The molecule has 2 aromatic rings. The third kappa shape index (κ3) is 2.33. The second kappa shape index (κ2) is 6.06. The molecule has 0 radical (unpaired) electrons. The molecule has 0 spiro atoms. The van der Waals surface area contributed by atoms with E-state index in [1.165, 1.54) is 6.07 Å². The molecule has 2 aliphatic heterocycles. The van der Waals surface area contributed by atoms with E-state index < -0.39 is 22.8 Å². The van der Waals surface area contributed by atoms with E-state index in [9.17, 15) is 9.59 Å². The second-order valence-corrected chi connectivity index (χ2v) is 6.40. The number of aromatic nitrogens is 1. The van der Waals surface area contributed by atoms with Crippen LogP contribution in [0.2, 0.25) is 0 Å². The molecular formula is C20H16N2O4. The highest BCUT2D eigenvalue weighted by atomic mass is 16.5. The number of nitriles is 1. The Balaban J connectivity index is 1.50. The lowest BCUT2D eigenvalue weighted by atomic mass is 9.80. The Morgan fingerprint density at radius 2 is 1.92 bits per heavy atom. The van der Waals surface area contributed by atoms with Gasteiger partial charge in [0.1, 0.15) is 11.7 Å².